The summed E-state index contributed by atoms with van der Waals surface area (Å²) in [6, 6.07) is 8.52. The number of hydrogen-bond acceptors (Lipinski definition) is 3. The second-order valence-corrected chi connectivity index (χ2v) is 5.82. The monoisotopic (exact) mass is 267 g/mol. The Kier molecular flexibility index (Phi) is 2.54. The van der Waals surface area contributed by atoms with Gasteiger partial charge in [-0.2, -0.15) is 0 Å². The summed E-state index contributed by atoms with van der Waals surface area (Å²) >= 11 is 0. The number of imidazole rings is 1. The van der Waals surface area contributed by atoms with Crippen molar-refractivity contribution >= 4 is 5.78 Å². The molecule has 0 unspecified atom stereocenters. The SMILES string of the molecule is CN1CC[C@@H]([C@H]2c3ccccc3-c3cncn32)C(=O)C1. The fourth-order valence-electron chi connectivity index (χ4n) is 3.60. The number of likely N-dealkylation sites (N-methyl/N-ethyl adjacent to an activating group) is 1. The Bertz CT molecular complexity index is 676. The Labute approximate surface area is 118 Å². The lowest BCUT2D eigenvalue weighted by molar-refractivity contribution is -0.127. The molecule has 3 heterocycles. The predicted octanol–water partition coefficient (Wildman–Crippen LogP) is 1.97. The van der Waals surface area contributed by atoms with Gasteiger partial charge in [-0.1, -0.05) is 24.3 Å². The standard InChI is InChI=1S/C16H17N3O/c1-18-7-6-13(15(20)9-18)16-12-5-3-2-4-11(12)14-8-17-10-19(14)16/h2-5,8,10,13,16H,6-7,9H2,1H3/t13-,16-/m1/s1. The van der Waals surface area contributed by atoms with Crippen molar-refractivity contribution in [2.24, 2.45) is 5.92 Å². The first-order valence-electron chi connectivity index (χ1n) is 7.08. The fourth-order valence-corrected chi connectivity index (χ4v) is 3.60. The van der Waals surface area contributed by atoms with Gasteiger partial charge in [-0.05, 0) is 25.6 Å². The highest BCUT2D eigenvalue weighted by atomic mass is 16.1. The van der Waals surface area contributed by atoms with Crippen LogP contribution in [0.3, 0.4) is 0 Å². The molecule has 0 bridgehead atoms. The Morgan fingerprint density at radius 2 is 2.15 bits per heavy atom. The van der Waals surface area contributed by atoms with E-state index in [1.165, 1.54) is 11.1 Å². The molecule has 0 amide bonds. The first-order valence-corrected chi connectivity index (χ1v) is 7.08. The molecule has 2 aliphatic rings. The van der Waals surface area contributed by atoms with E-state index >= 15 is 0 Å². The van der Waals surface area contributed by atoms with Crippen molar-refractivity contribution in [1.29, 1.82) is 0 Å². The maximum atomic E-state index is 12.5. The van der Waals surface area contributed by atoms with Crippen molar-refractivity contribution in [2.75, 3.05) is 20.1 Å². The van der Waals surface area contributed by atoms with Crippen LogP contribution < -0.4 is 0 Å². The second kappa shape index (κ2) is 4.28. The van der Waals surface area contributed by atoms with Crippen LogP contribution in [0.4, 0.5) is 0 Å². The number of piperidine rings is 1. The van der Waals surface area contributed by atoms with E-state index in [0.717, 1.165) is 18.7 Å². The van der Waals surface area contributed by atoms with Crippen molar-refractivity contribution in [2.45, 2.75) is 12.5 Å². The molecule has 1 aromatic carbocycles. The molecule has 0 N–H and O–H groups in total. The van der Waals surface area contributed by atoms with Gasteiger partial charge in [0.05, 0.1) is 30.8 Å². The first-order chi connectivity index (χ1) is 9.75. The van der Waals surface area contributed by atoms with E-state index in [9.17, 15) is 4.79 Å². The normalized spacial score (nSPS) is 25.6. The number of rotatable bonds is 1. The summed E-state index contributed by atoms with van der Waals surface area (Å²) in [4.78, 5) is 18.8. The lowest BCUT2D eigenvalue weighted by Gasteiger charge is -2.32. The summed E-state index contributed by atoms with van der Waals surface area (Å²) in [5, 5.41) is 0. The molecule has 2 aromatic rings. The van der Waals surface area contributed by atoms with Crippen LogP contribution in [0.2, 0.25) is 0 Å². The number of carbonyl (C=O) groups is 1. The van der Waals surface area contributed by atoms with Gasteiger partial charge in [-0.25, -0.2) is 4.98 Å². The predicted molar refractivity (Wildman–Crippen MR) is 76.4 cm³/mol. The summed E-state index contributed by atoms with van der Waals surface area (Å²) in [5.74, 6) is 0.419. The summed E-state index contributed by atoms with van der Waals surface area (Å²) in [7, 11) is 2.01. The number of fused-ring (bicyclic) bond motifs is 3. The molecule has 1 saturated heterocycles. The van der Waals surface area contributed by atoms with E-state index < -0.39 is 0 Å². The molecule has 0 radical (unpaired) electrons. The topological polar surface area (TPSA) is 38.1 Å². The van der Waals surface area contributed by atoms with Gasteiger partial charge >= 0.3 is 0 Å². The maximum Gasteiger partial charge on any atom is 0.152 e. The van der Waals surface area contributed by atoms with Crippen LogP contribution >= 0.6 is 0 Å². The van der Waals surface area contributed by atoms with Crippen molar-refractivity contribution in [1.82, 2.24) is 14.5 Å². The smallest absolute Gasteiger partial charge is 0.152 e. The minimum atomic E-state index is 0.0720. The zero-order valence-corrected chi connectivity index (χ0v) is 11.5. The number of hydrogen-bond donors (Lipinski definition) is 0. The van der Waals surface area contributed by atoms with Gasteiger partial charge in [0.25, 0.3) is 0 Å². The highest BCUT2D eigenvalue weighted by Crippen LogP contribution is 2.44. The molecule has 0 saturated carbocycles. The van der Waals surface area contributed by atoms with Crippen LogP contribution in [0.1, 0.15) is 18.0 Å². The molecule has 102 valence electrons. The average Bonchev–Trinajstić information content (AvgIpc) is 3.00. The Hall–Kier alpha value is -1.94. The van der Waals surface area contributed by atoms with Crippen LogP contribution in [-0.4, -0.2) is 40.4 Å². The minimum Gasteiger partial charge on any atom is -0.322 e. The van der Waals surface area contributed by atoms with Gasteiger partial charge in [0.2, 0.25) is 0 Å². The average molecular weight is 267 g/mol. The first kappa shape index (κ1) is 11.9. The van der Waals surface area contributed by atoms with E-state index in [2.05, 4.69) is 38.7 Å². The molecule has 0 aliphatic carbocycles. The quantitative estimate of drug-likeness (QED) is 0.793. The molecule has 4 heteroatoms. The largest absolute Gasteiger partial charge is 0.322 e. The van der Waals surface area contributed by atoms with Gasteiger partial charge in [0, 0.05) is 11.5 Å². The molecule has 1 fully saturated rings. The summed E-state index contributed by atoms with van der Waals surface area (Å²) < 4.78 is 2.18. The van der Waals surface area contributed by atoms with Crippen LogP contribution in [0.15, 0.2) is 36.8 Å². The van der Waals surface area contributed by atoms with Crippen LogP contribution in [0.5, 0.6) is 0 Å². The molecule has 4 nitrogen and oxygen atoms in total. The molecule has 1 aromatic heterocycles. The van der Waals surface area contributed by atoms with Crippen molar-refractivity contribution < 1.29 is 4.79 Å². The summed E-state index contributed by atoms with van der Waals surface area (Å²) in [6.45, 7) is 1.55. The minimum absolute atomic E-state index is 0.0720. The highest BCUT2D eigenvalue weighted by Gasteiger charge is 2.39. The second-order valence-electron chi connectivity index (χ2n) is 5.82. The Morgan fingerprint density at radius 1 is 1.30 bits per heavy atom. The number of likely N-dealkylation sites (tertiary alicyclic amines) is 1. The molecule has 2 aliphatic heterocycles. The number of aromatic nitrogens is 2. The number of benzene rings is 1. The summed E-state index contributed by atoms with van der Waals surface area (Å²) in [6.07, 6.45) is 4.69. The third-order valence-electron chi connectivity index (χ3n) is 4.56. The van der Waals surface area contributed by atoms with Crippen molar-refractivity contribution in [3.05, 3.63) is 42.4 Å². The Balaban J connectivity index is 1.81. The zero-order chi connectivity index (χ0) is 13.7. The molecule has 0 spiro atoms. The van der Waals surface area contributed by atoms with Crippen LogP contribution in [0.25, 0.3) is 11.3 Å². The highest BCUT2D eigenvalue weighted by molar-refractivity contribution is 5.86. The third-order valence-corrected chi connectivity index (χ3v) is 4.56. The Morgan fingerprint density at radius 3 is 3.00 bits per heavy atom. The van der Waals surface area contributed by atoms with E-state index in [4.69, 9.17) is 0 Å². The lowest BCUT2D eigenvalue weighted by Crippen LogP contribution is -2.41. The number of Topliss-reactive ketones (excluding diaryl/α,β-unsaturated/α-hetero) is 1. The zero-order valence-electron chi connectivity index (χ0n) is 11.5. The van der Waals surface area contributed by atoms with Crippen molar-refractivity contribution in [3.63, 3.8) is 0 Å². The maximum absolute atomic E-state index is 12.5. The van der Waals surface area contributed by atoms with Crippen molar-refractivity contribution in [3.8, 4) is 11.3 Å². The van der Waals surface area contributed by atoms with Crippen LogP contribution in [-0.2, 0) is 4.79 Å². The van der Waals surface area contributed by atoms with E-state index in [1.54, 1.807) is 0 Å². The van der Waals surface area contributed by atoms with E-state index in [1.807, 2.05) is 19.6 Å². The fraction of sp³-hybridized carbons (Fsp3) is 0.375. The number of ketones is 1. The van der Waals surface area contributed by atoms with E-state index in [-0.39, 0.29) is 12.0 Å². The van der Waals surface area contributed by atoms with Gasteiger partial charge in [0.15, 0.2) is 5.78 Å². The molecule has 4 rings (SSSR count). The number of carbonyl (C=O) groups excluding carboxylic acids is 1. The van der Waals surface area contributed by atoms with Gasteiger partial charge in [0.1, 0.15) is 0 Å². The van der Waals surface area contributed by atoms with E-state index in [0.29, 0.717) is 12.3 Å². The third kappa shape index (κ3) is 1.58. The molecular formula is C16H17N3O. The van der Waals surface area contributed by atoms with Gasteiger partial charge in [-0.3, -0.25) is 9.69 Å². The molecule has 20 heavy (non-hydrogen) atoms. The summed E-state index contributed by atoms with van der Waals surface area (Å²) in [5.41, 5.74) is 3.63. The number of nitrogens with zero attached hydrogens (tertiary/aromatic N) is 3. The van der Waals surface area contributed by atoms with Crippen LogP contribution in [0, 0.1) is 5.92 Å². The molecule has 2 atom stereocenters. The van der Waals surface area contributed by atoms with Gasteiger partial charge in [-0.15, -0.1) is 0 Å². The lowest BCUT2D eigenvalue weighted by atomic mass is 9.84. The van der Waals surface area contributed by atoms with Gasteiger partial charge < -0.3 is 4.57 Å². The molecular weight excluding hydrogens is 250 g/mol.